The van der Waals surface area contributed by atoms with Crippen molar-refractivity contribution in [3.63, 3.8) is 0 Å². The quantitative estimate of drug-likeness (QED) is 0.891. The van der Waals surface area contributed by atoms with Gasteiger partial charge in [0, 0.05) is 20.1 Å². The van der Waals surface area contributed by atoms with Crippen LogP contribution >= 0.6 is 0 Å². The lowest BCUT2D eigenvalue weighted by Crippen LogP contribution is -2.56. The molecule has 4 aliphatic heterocycles. The van der Waals surface area contributed by atoms with Crippen LogP contribution in [0.15, 0.2) is 18.2 Å². The molecule has 2 bridgehead atoms. The van der Waals surface area contributed by atoms with E-state index >= 15 is 0 Å². The zero-order valence-electron chi connectivity index (χ0n) is 13.2. The van der Waals surface area contributed by atoms with Crippen molar-refractivity contribution in [2.75, 3.05) is 31.6 Å². The van der Waals surface area contributed by atoms with Crippen molar-refractivity contribution in [1.82, 2.24) is 10.2 Å². The van der Waals surface area contributed by atoms with Crippen molar-refractivity contribution in [2.45, 2.75) is 25.4 Å². The summed E-state index contributed by atoms with van der Waals surface area (Å²) >= 11 is 0. The molecule has 0 aliphatic carbocycles. The first-order valence-electron chi connectivity index (χ1n) is 8.21. The molecular formula is C17H21N3O3. The van der Waals surface area contributed by atoms with Crippen molar-refractivity contribution in [2.24, 2.45) is 5.92 Å². The summed E-state index contributed by atoms with van der Waals surface area (Å²) < 4.78 is 5.54. The molecule has 1 N–H and O–H groups in total. The molecule has 3 fully saturated rings. The highest BCUT2D eigenvalue weighted by Gasteiger charge is 2.35. The van der Waals surface area contributed by atoms with Gasteiger partial charge >= 0.3 is 0 Å². The molecule has 5 rings (SSSR count). The third-order valence-electron chi connectivity index (χ3n) is 5.26. The average Bonchev–Trinajstić information content (AvgIpc) is 2.59. The maximum Gasteiger partial charge on any atom is 0.264 e. The Morgan fingerprint density at radius 3 is 2.78 bits per heavy atom. The lowest BCUT2D eigenvalue weighted by atomic mass is 9.86. The Bertz CT molecular complexity index is 652. The third kappa shape index (κ3) is 2.47. The number of nitrogens with one attached hydrogen (secondary N) is 1. The van der Waals surface area contributed by atoms with Crippen LogP contribution in [0.2, 0.25) is 0 Å². The van der Waals surface area contributed by atoms with E-state index in [2.05, 4.69) is 10.2 Å². The van der Waals surface area contributed by atoms with Crippen molar-refractivity contribution in [1.29, 1.82) is 0 Å². The molecule has 1 aromatic rings. The number of amides is 2. The van der Waals surface area contributed by atoms with Crippen LogP contribution in [0.5, 0.6) is 5.75 Å². The summed E-state index contributed by atoms with van der Waals surface area (Å²) in [5.74, 6) is 1.01. The fraction of sp³-hybridized carbons (Fsp3) is 0.529. The number of para-hydroxylation sites is 1. The fourth-order valence-electron chi connectivity index (χ4n) is 3.83. The molecular weight excluding hydrogens is 294 g/mol. The Labute approximate surface area is 135 Å². The molecule has 6 nitrogen and oxygen atoms in total. The van der Waals surface area contributed by atoms with Crippen LogP contribution in [0.25, 0.3) is 0 Å². The highest BCUT2D eigenvalue weighted by molar-refractivity contribution is 6.04. The Morgan fingerprint density at radius 1 is 1.30 bits per heavy atom. The van der Waals surface area contributed by atoms with Gasteiger partial charge in [0.15, 0.2) is 12.4 Å². The fourth-order valence-corrected chi connectivity index (χ4v) is 3.83. The van der Waals surface area contributed by atoms with E-state index in [1.165, 1.54) is 12.8 Å². The summed E-state index contributed by atoms with van der Waals surface area (Å²) in [5.41, 5.74) is 1.16. The topological polar surface area (TPSA) is 61.9 Å². The minimum absolute atomic E-state index is 0.0224. The lowest BCUT2D eigenvalue weighted by molar-refractivity contribution is -0.121. The van der Waals surface area contributed by atoms with Gasteiger partial charge < -0.3 is 15.0 Å². The number of nitrogens with zero attached hydrogens (tertiary/aromatic N) is 2. The van der Waals surface area contributed by atoms with E-state index in [1.807, 2.05) is 0 Å². The van der Waals surface area contributed by atoms with Crippen molar-refractivity contribution < 1.29 is 14.3 Å². The zero-order chi connectivity index (χ0) is 16.0. The van der Waals surface area contributed by atoms with Gasteiger partial charge in [-0.25, -0.2) is 0 Å². The van der Waals surface area contributed by atoms with Gasteiger partial charge in [0.05, 0.1) is 17.4 Å². The van der Waals surface area contributed by atoms with Crippen LogP contribution in [-0.2, 0) is 4.79 Å². The molecule has 0 spiro atoms. The molecule has 4 heterocycles. The molecule has 2 amide bonds. The molecule has 0 saturated carbocycles. The first-order chi connectivity index (χ1) is 11.1. The van der Waals surface area contributed by atoms with E-state index in [9.17, 15) is 9.59 Å². The van der Waals surface area contributed by atoms with Gasteiger partial charge in [-0.05, 0) is 37.3 Å². The van der Waals surface area contributed by atoms with Gasteiger partial charge in [-0.15, -0.1) is 0 Å². The molecule has 122 valence electrons. The lowest BCUT2D eigenvalue weighted by Gasteiger charge is -2.45. The number of benzene rings is 1. The van der Waals surface area contributed by atoms with Gasteiger partial charge in [-0.1, -0.05) is 6.07 Å². The minimum atomic E-state index is -0.123. The average molecular weight is 315 g/mol. The maximum absolute atomic E-state index is 12.7. The number of rotatable bonds is 2. The van der Waals surface area contributed by atoms with E-state index in [4.69, 9.17) is 4.74 Å². The molecule has 1 unspecified atom stereocenters. The molecule has 0 radical (unpaired) electrons. The van der Waals surface area contributed by atoms with Crippen LogP contribution < -0.4 is 15.0 Å². The Balaban J connectivity index is 1.56. The van der Waals surface area contributed by atoms with Crippen LogP contribution in [-0.4, -0.2) is 49.6 Å². The Morgan fingerprint density at radius 2 is 2.09 bits per heavy atom. The minimum Gasteiger partial charge on any atom is -0.481 e. The van der Waals surface area contributed by atoms with E-state index in [1.54, 1.807) is 30.1 Å². The second-order valence-electron chi connectivity index (χ2n) is 6.60. The summed E-state index contributed by atoms with van der Waals surface area (Å²) in [7, 11) is 1.71. The second kappa shape index (κ2) is 5.53. The van der Waals surface area contributed by atoms with E-state index in [-0.39, 0.29) is 24.6 Å². The molecule has 3 saturated heterocycles. The first kappa shape index (κ1) is 14.5. The number of carbonyl (C=O) groups is 2. The molecule has 0 aromatic heterocycles. The van der Waals surface area contributed by atoms with Crippen molar-refractivity contribution in [3.8, 4) is 5.75 Å². The van der Waals surface area contributed by atoms with Crippen LogP contribution in [0.1, 0.15) is 29.6 Å². The number of anilines is 1. The van der Waals surface area contributed by atoms with Gasteiger partial charge in [-0.3, -0.25) is 14.5 Å². The molecule has 1 aromatic carbocycles. The van der Waals surface area contributed by atoms with Gasteiger partial charge in [0.25, 0.3) is 11.8 Å². The monoisotopic (exact) mass is 315 g/mol. The summed E-state index contributed by atoms with van der Waals surface area (Å²) in [4.78, 5) is 28.4. The maximum atomic E-state index is 12.7. The largest absolute Gasteiger partial charge is 0.481 e. The normalized spacial score (nSPS) is 29.0. The predicted molar refractivity (Wildman–Crippen MR) is 85.5 cm³/mol. The van der Waals surface area contributed by atoms with Crippen LogP contribution in [0.3, 0.4) is 0 Å². The van der Waals surface area contributed by atoms with Gasteiger partial charge in [0.2, 0.25) is 0 Å². The predicted octanol–water partition coefficient (Wildman–Crippen LogP) is 1.21. The van der Waals surface area contributed by atoms with Crippen LogP contribution in [0, 0.1) is 5.92 Å². The second-order valence-corrected chi connectivity index (χ2v) is 6.60. The summed E-state index contributed by atoms with van der Waals surface area (Å²) in [6.45, 7) is 2.11. The van der Waals surface area contributed by atoms with Crippen molar-refractivity contribution >= 4 is 17.5 Å². The molecule has 6 heteroatoms. The summed E-state index contributed by atoms with van der Waals surface area (Å²) in [5, 5.41) is 3.15. The Kier molecular flexibility index (Phi) is 3.49. The Hall–Kier alpha value is -2.08. The third-order valence-corrected chi connectivity index (χ3v) is 5.26. The van der Waals surface area contributed by atoms with Crippen LogP contribution in [0.4, 0.5) is 5.69 Å². The summed E-state index contributed by atoms with van der Waals surface area (Å²) in [6, 6.07) is 5.35. The number of piperidine rings is 3. The molecule has 1 atom stereocenters. The standard InChI is InChI=1S/C17H21N3O3/c1-19-13-4-2-3-12(16(13)23-10-15(19)21)17(22)18-14-9-11-5-7-20(14)8-6-11/h2-4,11,14H,5-10H2,1H3,(H,18,22). The van der Waals surface area contributed by atoms with Gasteiger partial charge in [-0.2, -0.15) is 0 Å². The number of fused-ring (bicyclic) bond motifs is 4. The number of ether oxygens (including phenoxy) is 1. The molecule has 4 aliphatic rings. The number of hydrogen-bond acceptors (Lipinski definition) is 4. The molecule has 23 heavy (non-hydrogen) atoms. The highest BCUT2D eigenvalue weighted by Crippen LogP contribution is 2.35. The van der Waals surface area contributed by atoms with Crippen molar-refractivity contribution in [3.05, 3.63) is 23.8 Å². The SMILES string of the molecule is CN1C(=O)COc2c(C(=O)NC3CC4CCN3CC4)cccc21. The van der Waals surface area contributed by atoms with E-state index in [0.29, 0.717) is 17.0 Å². The number of hydrogen-bond donors (Lipinski definition) is 1. The van der Waals surface area contributed by atoms with E-state index < -0.39 is 0 Å². The first-order valence-corrected chi connectivity index (χ1v) is 8.21. The zero-order valence-corrected chi connectivity index (χ0v) is 13.2. The van der Waals surface area contributed by atoms with Gasteiger partial charge in [0.1, 0.15) is 0 Å². The number of likely N-dealkylation sites (N-methyl/N-ethyl adjacent to an activating group) is 1. The summed E-state index contributed by atoms with van der Waals surface area (Å²) in [6.07, 6.45) is 3.63. The highest BCUT2D eigenvalue weighted by atomic mass is 16.5. The number of carbonyl (C=O) groups excluding carboxylic acids is 2. The smallest absolute Gasteiger partial charge is 0.264 e. The van der Waals surface area contributed by atoms with E-state index in [0.717, 1.165) is 25.4 Å².